The molecule has 0 aromatic carbocycles. The van der Waals surface area contributed by atoms with Gasteiger partial charge in [-0.2, -0.15) is 4.31 Å². The first-order valence-electron chi connectivity index (χ1n) is 7.09. The Labute approximate surface area is 125 Å². The van der Waals surface area contributed by atoms with Crippen molar-refractivity contribution < 1.29 is 12.8 Å². The minimum Gasteiger partial charge on any atom is -0.407 e. The normalized spacial score (nSPS) is 17.6. The molecule has 1 saturated heterocycles. The predicted molar refractivity (Wildman–Crippen MR) is 79.5 cm³/mol. The van der Waals surface area contributed by atoms with Gasteiger partial charge in [-0.05, 0) is 12.5 Å². The number of piperazine rings is 1. The maximum Gasteiger partial charge on any atom is 0.318 e. The van der Waals surface area contributed by atoms with E-state index in [0.717, 1.165) is 6.54 Å². The van der Waals surface area contributed by atoms with E-state index in [4.69, 9.17) is 4.42 Å². The van der Waals surface area contributed by atoms with Crippen LogP contribution in [0, 0.1) is 5.92 Å². The lowest BCUT2D eigenvalue weighted by molar-refractivity contribution is 0.369. The molecule has 0 bridgehead atoms. The van der Waals surface area contributed by atoms with Crippen molar-refractivity contribution in [3.63, 3.8) is 0 Å². The second-order valence-corrected chi connectivity index (χ2v) is 7.63. The number of anilines is 1. The second kappa shape index (κ2) is 6.71. The predicted octanol–water partition coefficient (Wildman–Crippen LogP) is -0.103. The third kappa shape index (κ3) is 4.65. The topological polar surface area (TPSA) is 91.6 Å². The van der Waals surface area contributed by atoms with Crippen molar-refractivity contribution in [1.82, 2.24) is 19.8 Å². The Kier molecular flexibility index (Phi) is 5.17. The highest BCUT2D eigenvalue weighted by Gasteiger charge is 2.25. The van der Waals surface area contributed by atoms with Crippen LogP contribution in [-0.4, -0.2) is 61.9 Å². The molecular formula is C12H23N5O3S. The Morgan fingerprint density at radius 3 is 2.48 bits per heavy atom. The van der Waals surface area contributed by atoms with Gasteiger partial charge in [-0.25, -0.2) is 8.42 Å². The van der Waals surface area contributed by atoms with Gasteiger partial charge in [-0.1, -0.05) is 18.9 Å². The first kappa shape index (κ1) is 16.2. The standard InChI is InChI=1S/C12H23N5O3S/c1-10(2)8-13-9-11-14-15-12(20-11)16-4-6-17(7-5-16)21(3,18)19/h10,13H,4-9H2,1-3H3. The van der Waals surface area contributed by atoms with Crippen LogP contribution in [0.3, 0.4) is 0 Å². The highest BCUT2D eigenvalue weighted by Crippen LogP contribution is 2.15. The van der Waals surface area contributed by atoms with E-state index in [-0.39, 0.29) is 0 Å². The number of nitrogens with zero attached hydrogens (tertiary/aromatic N) is 4. The Balaban J connectivity index is 1.85. The van der Waals surface area contributed by atoms with Gasteiger partial charge in [0.25, 0.3) is 0 Å². The van der Waals surface area contributed by atoms with Gasteiger partial charge in [-0.15, -0.1) is 5.10 Å². The minimum absolute atomic E-state index is 0.447. The van der Waals surface area contributed by atoms with Crippen LogP contribution in [0.1, 0.15) is 19.7 Å². The van der Waals surface area contributed by atoms with Crippen LogP contribution in [-0.2, 0) is 16.6 Å². The van der Waals surface area contributed by atoms with Crippen molar-refractivity contribution in [2.24, 2.45) is 5.92 Å². The number of hydrogen-bond donors (Lipinski definition) is 1. The summed E-state index contributed by atoms with van der Waals surface area (Å²) in [6, 6.07) is 0.462. The Hall–Kier alpha value is -1.19. The quantitative estimate of drug-likeness (QED) is 0.783. The summed E-state index contributed by atoms with van der Waals surface area (Å²) in [5.41, 5.74) is 0. The average Bonchev–Trinajstić information content (AvgIpc) is 2.86. The summed E-state index contributed by atoms with van der Waals surface area (Å²) < 4.78 is 30.0. The second-order valence-electron chi connectivity index (χ2n) is 5.65. The van der Waals surface area contributed by atoms with Crippen LogP contribution in [0.15, 0.2) is 4.42 Å². The van der Waals surface area contributed by atoms with Crippen LogP contribution in [0.4, 0.5) is 6.01 Å². The van der Waals surface area contributed by atoms with Crippen LogP contribution < -0.4 is 10.2 Å². The van der Waals surface area contributed by atoms with E-state index >= 15 is 0 Å². The lowest BCUT2D eigenvalue weighted by Gasteiger charge is -2.31. The van der Waals surface area contributed by atoms with E-state index in [2.05, 4.69) is 29.4 Å². The largest absolute Gasteiger partial charge is 0.407 e. The zero-order valence-electron chi connectivity index (χ0n) is 12.7. The molecule has 1 N–H and O–H groups in total. The van der Waals surface area contributed by atoms with Crippen molar-refractivity contribution in [2.75, 3.05) is 43.9 Å². The molecule has 0 amide bonds. The Morgan fingerprint density at radius 1 is 1.24 bits per heavy atom. The van der Waals surface area contributed by atoms with E-state index in [9.17, 15) is 8.42 Å². The third-order valence-electron chi connectivity index (χ3n) is 3.26. The molecule has 0 unspecified atom stereocenters. The average molecular weight is 317 g/mol. The van der Waals surface area contributed by atoms with Crippen LogP contribution >= 0.6 is 0 Å². The zero-order valence-corrected chi connectivity index (χ0v) is 13.6. The summed E-state index contributed by atoms with van der Waals surface area (Å²) in [5, 5.41) is 11.3. The molecule has 0 atom stereocenters. The molecule has 1 aromatic heterocycles. The van der Waals surface area contributed by atoms with Crippen molar-refractivity contribution in [3.8, 4) is 0 Å². The molecule has 0 radical (unpaired) electrons. The van der Waals surface area contributed by atoms with E-state index < -0.39 is 10.0 Å². The maximum absolute atomic E-state index is 11.5. The fourth-order valence-electron chi connectivity index (χ4n) is 2.12. The number of aromatic nitrogens is 2. The fraction of sp³-hybridized carbons (Fsp3) is 0.833. The van der Waals surface area contributed by atoms with Crippen molar-refractivity contribution in [2.45, 2.75) is 20.4 Å². The van der Waals surface area contributed by atoms with Gasteiger partial charge < -0.3 is 14.6 Å². The van der Waals surface area contributed by atoms with Crippen molar-refractivity contribution in [3.05, 3.63) is 5.89 Å². The molecule has 1 aromatic rings. The summed E-state index contributed by atoms with van der Waals surface area (Å²) in [4.78, 5) is 1.92. The lowest BCUT2D eigenvalue weighted by Crippen LogP contribution is -2.48. The highest BCUT2D eigenvalue weighted by molar-refractivity contribution is 7.88. The van der Waals surface area contributed by atoms with E-state index in [1.807, 2.05) is 4.90 Å². The fourth-order valence-corrected chi connectivity index (χ4v) is 2.95. The van der Waals surface area contributed by atoms with Crippen LogP contribution in [0.2, 0.25) is 0 Å². The highest BCUT2D eigenvalue weighted by atomic mass is 32.2. The molecule has 120 valence electrons. The van der Waals surface area contributed by atoms with Crippen molar-refractivity contribution >= 4 is 16.0 Å². The number of nitrogens with one attached hydrogen (secondary N) is 1. The third-order valence-corrected chi connectivity index (χ3v) is 4.57. The SMILES string of the molecule is CC(C)CNCc1nnc(N2CCN(S(C)(=O)=O)CC2)o1. The van der Waals surface area contributed by atoms with Gasteiger partial charge in [0.1, 0.15) is 0 Å². The maximum atomic E-state index is 11.5. The summed E-state index contributed by atoms with van der Waals surface area (Å²) >= 11 is 0. The smallest absolute Gasteiger partial charge is 0.318 e. The molecule has 2 heterocycles. The van der Waals surface area contributed by atoms with Gasteiger partial charge in [0.2, 0.25) is 15.9 Å². The molecule has 1 fully saturated rings. The molecule has 21 heavy (non-hydrogen) atoms. The molecule has 0 spiro atoms. The summed E-state index contributed by atoms with van der Waals surface area (Å²) in [5.74, 6) is 1.12. The number of hydrogen-bond acceptors (Lipinski definition) is 7. The Morgan fingerprint density at radius 2 is 1.90 bits per heavy atom. The molecule has 9 heteroatoms. The molecule has 2 rings (SSSR count). The van der Waals surface area contributed by atoms with E-state index in [1.54, 1.807) is 0 Å². The van der Waals surface area contributed by atoms with Gasteiger partial charge in [0.05, 0.1) is 12.8 Å². The molecule has 0 saturated carbocycles. The summed E-state index contributed by atoms with van der Waals surface area (Å²) in [6.07, 6.45) is 1.23. The molecule has 1 aliphatic rings. The monoisotopic (exact) mass is 317 g/mol. The molecule has 1 aliphatic heterocycles. The first-order valence-corrected chi connectivity index (χ1v) is 8.94. The minimum atomic E-state index is -3.12. The van der Waals surface area contributed by atoms with E-state index in [0.29, 0.717) is 50.5 Å². The van der Waals surface area contributed by atoms with Gasteiger partial charge in [0, 0.05) is 26.2 Å². The molecular weight excluding hydrogens is 294 g/mol. The van der Waals surface area contributed by atoms with Gasteiger partial charge in [-0.3, -0.25) is 0 Å². The number of sulfonamides is 1. The van der Waals surface area contributed by atoms with E-state index in [1.165, 1.54) is 10.6 Å². The van der Waals surface area contributed by atoms with Gasteiger partial charge >= 0.3 is 6.01 Å². The summed E-state index contributed by atoms with van der Waals surface area (Å²) in [7, 11) is -3.12. The lowest BCUT2D eigenvalue weighted by atomic mass is 10.2. The molecule has 8 nitrogen and oxygen atoms in total. The van der Waals surface area contributed by atoms with Crippen LogP contribution in [0.5, 0.6) is 0 Å². The number of rotatable bonds is 6. The van der Waals surface area contributed by atoms with Crippen LogP contribution in [0.25, 0.3) is 0 Å². The Bertz CT molecular complexity index is 549. The summed E-state index contributed by atoms with van der Waals surface area (Å²) in [6.45, 7) is 7.73. The van der Waals surface area contributed by atoms with Gasteiger partial charge in [0.15, 0.2) is 0 Å². The first-order chi connectivity index (χ1) is 9.86. The van der Waals surface area contributed by atoms with Crippen molar-refractivity contribution in [1.29, 1.82) is 0 Å². The molecule has 0 aliphatic carbocycles. The zero-order chi connectivity index (χ0) is 15.5.